The highest BCUT2D eigenvalue weighted by molar-refractivity contribution is 5.77. The van der Waals surface area contributed by atoms with Gasteiger partial charge < -0.3 is 24.7 Å². The summed E-state index contributed by atoms with van der Waals surface area (Å²) in [5, 5.41) is 3.23. The van der Waals surface area contributed by atoms with Gasteiger partial charge in [0.15, 0.2) is 5.82 Å². The van der Waals surface area contributed by atoms with Crippen molar-refractivity contribution >= 4 is 5.95 Å². The number of nitrogens with one attached hydrogen (secondary N) is 2. The quantitative estimate of drug-likeness (QED) is 0.617. The molecule has 0 atom stereocenters. The normalized spacial score (nSPS) is 14.9. The molecule has 30 heavy (non-hydrogen) atoms. The van der Waals surface area contributed by atoms with Crippen molar-refractivity contribution in [2.45, 2.75) is 12.7 Å². The van der Waals surface area contributed by atoms with Gasteiger partial charge >= 0.3 is 0 Å². The Morgan fingerprint density at radius 3 is 2.63 bits per heavy atom. The number of imidazole rings is 1. The molecular weight excluding hydrogens is 387 g/mol. The van der Waals surface area contributed by atoms with Crippen LogP contribution in [0.2, 0.25) is 0 Å². The molecule has 0 saturated carbocycles. The molecule has 1 fully saturated rings. The van der Waals surface area contributed by atoms with Gasteiger partial charge in [-0.1, -0.05) is 0 Å². The summed E-state index contributed by atoms with van der Waals surface area (Å²) < 4.78 is 24.8. The van der Waals surface area contributed by atoms with E-state index in [-0.39, 0.29) is 5.82 Å². The van der Waals surface area contributed by atoms with Crippen LogP contribution in [0.1, 0.15) is 18.5 Å². The first kappa shape index (κ1) is 20.4. The highest BCUT2D eigenvalue weighted by Gasteiger charge is 2.24. The fraction of sp³-hybridized carbons (Fsp3) is 0.381. The number of halogens is 1. The second kappa shape index (κ2) is 9.29. The van der Waals surface area contributed by atoms with Gasteiger partial charge in [-0.25, -0.2) is 19.3 Å². The molecule has 0 spiro atoms. The number of benzene rings is 1. The van der Waals surface area contributed by atoms with Crippen LogP contribution in [0.15, 0.2) is 36.5 Å². The van der Waals surface area contributed by atoms with Crippen LogP contribution in [0.4, 0.5) is 10.3 Å². The minimum Gasteiger partial charge on any atom is -0.353 e. The zero-order valence-corrected chi connectivity index (χ0v) is 17.1. The molecule has 2 N–H and O–H groups in total. The van der Waals surface area contributed by atoms with E-state index in [1.807, 2.05) is 20.2 Å². The van der Waals surface area contributed by atoms with Crippen LogP contribution in [0.5, 0.6) is 0 Å². The average Bonchev–Trinajstić information content (AvgIpc) is 3.20. The molecule has 0 amide bonds. The second-order valence-corrected chi connectivity index (χ2v) is 7.28. The predicted octanol–water partition coefficient (Wildman–Crippen LogP) is 3.08. The van der Waals surface area contributed by atoms with Crippen molar-refractivity contribution in [1.82, 2.24) is 24.8 Å². The van der Waals surface area contributed by atoms with Crippen molar-refractivity contribution in [3.8, 4) is 22.6 Å². The summed E-state index contributed by atoms with van der Waals surface area (Å²) in [5.41, 5.74) is 2.80. The number of hydrogen-bond acceptors (Lipinski definition) is 7. The number of H-pyrrole nitrogens is 1. The first-order chi connectivity index (χ1) is 14.6. The Bertz CT molecular complexity index is 970. The summed E-state index contributed by atoms with van der Waals surface area (Å²) in [4.78, 5) is 19.0. The first-order valence-corrected chi connectivity index (χ1v) is 9.91. The fourth-order valence-electron chi connectivity index (χ4n) is 3.13. The van der Waals surface area contributed by atoms with Crippen molar-refractivity contribution in [2.75, 3.05) is 45.7 Å². The van der Waals surface area contributed by atoms with Crippen LogP contribution in [0.25, 0.3) is 22.6 Å². The van der Waals surface area contributed by atoms with Gasteiger partial charge in [-0.2, -0.15) is 0 Å². The molecule has 0 bridgehead atoms. The monoisotopic (exact) mass is 412 g/mol. The molecule has 1 aliphatic rings. The molecule has 3 heterocycles. The number of nitrogens with zero attached hydrogens (tertiary/aromatic N) is 4. The van der Waals surface area contributed by atoms with E-state index in [2.05, 4.69) is 25.2 Å². The number of hydrogen-bond donors (Lipinski definition) is 2. The average molecular weight is 412 g/mol. The molecule has 8 nitrogen and oxygen atoms in total. The Morgan fingerprint density at radius 2 is 1.90 bits per heavy atom. The second-order valence-electron chi connectivity index (χ2n) is 7.28. The molecule has 9 heteroatoms. The lowest BCUT2D eigenvalue weighted by Gasteiger charge is -2.21. The van der Waals surface area contributed by atoms with E-state index in [9.17, 15) is 4.39 Å². The van der Waals surface area contributed by atoms with Gasteiger partial charge in [-0.15, -0.1) is 0 Å². The maximum absolute atomic E-state index is 13.4. The molecular formula is C21H25FN6O2. The molecule has 0 aliphatic carbocycles. The van der Waals surface area contributed by atoms with Crippen molar-refractivity contribution in [2.24, 2.45) is 0 Å². The lowest BCUT2D eigenvalue weighted by Crippen LogP contribution is -2.21. The van der Waals surface area contributed by atoms with E-state index < -0.39 is 6.29 Å². The van der Waals surface area contributed by atoms with Crippen LogP contribution in [-0.2, 0) is 9.47 Å². The number of aromatic nitrogens is 4. The number of aromatic amines is 1. The van der Waals surface area contributed by atoms with Gasteiger partial charge in [-0.3, -0.25) is 0 Å². The van der Waals surface area contributed by atoms with E-state index in [0.717, 1.165) is 25.1 Å². The number of anilines is 1. The summed E-state index contributed by atoms with van der Waals surface area (Å²) in [5.74, 6) is 0.787. The Labute approximate surface area is 174 Å². The van der Waals surface area contributed by atoms with E-state index in [4.69, 9.17) is 14.5 Å². The molecule has 0 radical (unpaired) electrons. The SMILES string of the molecule is CN(C)CCNc1nccc(-c2[nH]c(C3OCCCO3)nc2-c2ccc(F)cc2)n1. The van der Waals surface area contributed by atoms with Gasteiger partial charge in [0, 0.05) is 24.8 Å². The van der Waals surface area contributed by atoms with Crippen LogP contribution >= 0.6 is 0 Å². The zero-order chi connectivity index (χ0) is 20.9. The summed E-state index contributed by atoms with van der Waals surface area (Å²) in [6, 6.07) is 8.02. The smallest absolute Gasteiger partial charge is 0.223 e. The Hall–Kier alpha value is -2.88. The highest BCUT2D eigenvalue weighted by atomic mass is 19.1. The van der Waals surface area contributed by atoms with E-state index >= 15 is 0 Å². The maximum Gasteiger partial charge on any atom is 0.223 e. The van der Waals surface area contributed by atoms with Crippen molar-refractivity contribution in [3.05, 3.63) is 48.2 Å². The Balaban J connectivity index is 1.68. The topological polar surface area (TPSA) is 88.2 Å². The van der Waals surface area contributed by atoms with E-state index in [0.29, 0.717) is 42.1 Å². The van der Waals surface area contributed by atoms with Crippen LogP contribution in [-0.4, -0.2) is 65.2 Å². The number of rotatable bonds is 7. The highest BCUT2D eigenvalue weighted by Crippen LogP contribution is 2.32. The summed E-state index contributed by atoms with van der Waals surface area (Å²) >= 11 is 0. The van der Waals surface area contributed by atoms with Crippen LogP contribution in [0.3, 0.4) is 0 Å². The third-order valence-electron chi connectivity index (χ3n) is 4.64. The third kappa shape index (κ3) is 4.81. The first-order valence-electron chi connectivity index (χ1n) is 9.91. The minimum atomic E-state index is -0.564. The Kier molecular flexibility index (Phi) is 6.32. The van der Waals surface area contributed by atoms with Crippen LogP contribution < -0.4 is 5.32 Å². The van der Waals surface area contributed by atoms with Crippen molar-refractivity contribution < 1.29 is 13.9 Å². The maximum atomic E-state index is 13.4. The molecule has 1 aromatic carbocycles. The number of likely N-dealkylation sites (N-methyl/N-ethyl adjacent to an activating group) is 1. The number of ether oxygens (including phenoxy) is 2. The molecule has 0 unspecified atom stereocenters. The third-order valence-corrected chi connectivity index (χ3v) is 4.64. The molecule has 3 aromatic rings. The predicted molar refractivity (Wildman–Crippen MR) is 111 cm³/mol. The summed E-state index contributed by atoms with van der Waals surface area (Å²) in [6.07, 6.45) is 1.98. The lowest BCUT2D eigenvalue weighted by atomic mass is 10.1. The zero-order valence-electron chi connectivity index (χ0n) is 17.1. The van der Waals surface area contributed by atoms with E-state index in [1.54, 1.807) is 18.3 Å². The van der Waals surface area contributed by atoms with E-state index in [1.165, 1.54) is 12.1 Å². The van der Waals surface area contributed by atoms with Gasteiger partial charge in [0.2, 0.25) is 12.2 Å². The summed E-state index contributed by atoms with van der Waals surface area (Å²) in [7, 11) is 4.02. The molecule has 158 valence electrons. The van der Waals surface area contributed by atoms with Crippen LogP contribution in [0, 0.1) is 5.82 Å². The molecule has 1 aliphatic heterocycles. The fourth-order valence-corrected chi connectivity index (χ4v) is 3.13. The Morgan fingerprint density at radius 1 is 1.13 bits per heavy atom. The van der Waals surface area contributed by atoms with Gasteiger partial charge in [0.1, 0.15) is 5.82 Å². The largest absolute Gasteiger partial charge is 0.353 e. The van der Waals surface area contributed by atoms with Gasteiger partial charge in [0.05, 0.1) is 30.3 Å². The summed E-state index contributed by atoms with van der Waals surface area (Å²) in [6.45, 7) is 2.80. The molecule has 4 rings (SSSR count). The van der Waals surface area contributed by atoms with Gasteiger partial charge in [-0.05, 0) is 50.8 Å². The minimum absolute atomic E-state index is 0.301. The van der Waals surface area contributed by atoms with Gasteiger partial charge in [0.25, 0.3) is 0 Å². The lowest BCUT2D eigenvalue weighted by molar-refractivity contribution is -0.186. The van der Waals surface area contributed by atoms with Crippen molar-refractivity contribution in [3.63, 3.8) is 0 Å². The van der Waals surface area contributed by atoms with Crippen molar-refractivity contribution in [1.29, 1.82) is 0 Å². The standard InChI is InChI=1S/C21H25FN6O2/c1-28(2)11-10-24-21-23-9-8-16(25-21)18-17(14-4-6-15(22)7-5-14)26-19(27-18)20-29-12-3-13-30-20/h4-9,20H,3,10-13H2,1-2H3,(H,26,27)(H,23,24,25). The molecule has 1 saturated heterocycles. The molecule has 2 aromatic heterocycles.